The molecule has 0 fully saturated rings. The molecule has 16 heavy (non-hydrogen) atoms. The first kappa shape index (κ1) is 10.9. The summed E-state index contributed by atoms with van der Waals surface area (Å²) in [5.74, 6) is 0.756. The molecule has 1 aromatic heterocycles. The first-order valence-corrected chi connectivity index (χ1v) is 5.90. The Morgan fingerprint density at radius 3 is 2.62 bits per heavy atom. The molecule has 2 aromatic rings. The third-order valence-electron chi connectivity index (χ3n) is 2.27. The van der Waals surface area contributed by atoms with Crippen molar-refractivity contribution in [2.45, 2.75) is 6.92 Å². The number of thiophene rings is 1. The van der Waals surface area contributed by atoms with Gasteiger partial charge >= 0.3 is 0 Å². The Morgan fingerprint density at radius 1 is 1.25 bits per heavy atom. The van der Waals surface area contributed by atoms with Crippen molar-refractivity contribution >= 4 is 17.1 Å². The van der Waals surface area contributed by atoms with Gasteiger partial charge in [0.25, 0.3) is 0 Å². The number of carbonyl (C=O) groups is 1. The summed E-state index contributed by atoms with van der Waals surface area (Å²) < 4.78 is 5.40. The largest absolute Gasteiger partial charge is 0.485 e. The molecule has 0 atom stereocenters. The summed E-state index contributed by atoms with van der Waals surface area (Å²) in [6.45, 7) is 2.04. The van der Waals surface area contributed by atoms with Crippen LogP contribution in [-0.4, -0.2) is 12.4 Å². The van der Waals surface area contributed by atoms with Crippen LogP contribution in [0.1, 0.15) is 15.2 Å². The Balaban J connectivity index is 1.97. The van der Waals surface area contributed by atoms with E-state index >= 15 is 0 Å². The lowest BCUT2D eigenvalue weighted by Crippen LogP contribution is -2.11. The maximum Gasteiger partial charge on any atom is 0.201 e. The summed E-state index contributed by atoms with van der Waals surface area (Å²) in [5, 5.41) is 1.92. The van der Waals surface area contributed by atoms with Crippen LogP contribution in [0.3, 0.4) is 0 Å². The Morgan fingerprint density at radius 2 is 2.00 bits per heavy atom. The first-order valence-electron chi connectivity index (χ1n) is 5.02. The van der Waals surface area contributed by atoms with Crippen molar-refractivity contribution in [1.82, 2.24) is 0 Å². The fourth-order valence-corrected chi connectivity index (χ4v) is 2.13. The number of benzene rings is 1. The quantitative estimate of drug-likeness (QED) is 0.756. The molecular formula is C13H12O2S. The van der Waals surface area contributed by atoms with Crippen molar-refractivity contribution in [3.63, 3.8) is 0 Å². The zero-order valence-corrected chi connectivity index (χ0v) is 9.79. The zero-order valence-electron chi connectivity index (χ0n) is 8.97. The van der Waals surface area contributed by atoms with Crippen LogP contribution in [0.15, 0.2) is 41.8 Å². The van der Waals surface area contributed by atoms with E-state index in [1.807, 2.05) is 48.7 Å². The van der Waals surface area contributed by atoms with Gasteiger partial charge in [0, 0.05) is 10.4 Å². The number of ether oxygens (including phenoxy) is 1. The average Bonchev–Trinajstić information content (AvgIpc) is 2.74. The van der Waals surface area contributed by atoms with Crippen LogP contribution < -0.4 is 4.74 Å². The number of hydrogen-bond acceptors (Lipinski definition) is 3. The van der Waals surface area contributed by atoms with E-state index in [9.17, 15) is 4.79 Å². The summed E-state index contributed by atoms with van der Waals surface area (Å²) in [4.78, 5) is 12.8. The number of rotatable bonds is 4. The van der Waals surface area contributed by atoms with Crippen LogP contribution in [0.2, 0.25) is 0 Å². The molecule has 1 heterocycles. The lowest BCUT2D eigenvalue weighted by atomic mass is 10.2. The number of carbonyl (C=O) groups excluding carboxylic acids is 1. The SMILES string of the molecule is Cc1sccc1C(=O)COc1ccccc1. The summed E-state index contributed by atoms with van der Waals surface area (Å²) in [6.07, 6.45) is 0. The van der Waals surface area contributed by atoms with E-state index < -0.39 is 0 Å². The van der Waals surface area contributed by atoms with Crippen LogP contribution in [0.25, 0.3) is 0 Å². The van der Waals surface area contributed by atoms with Crippen molar-refractivity contribution < 1.29 is 9.53 Å². The van der Waals surface area contributed by atoms with Gasteiger partial charge in [-0.15, -0.1) is 11.3 Å². The molecule has 2 nitrogen and oxygen atoms in total. The molecule has 0 bridgehead atoms. The minimum atomic E-state index is 0.0302. The Labute approximate surface area is 98.5 Å². The van der Waals surface area contributed by atoms with E-state index in [4.69, 9.17) is 4.74 Å². The van der Waals surface area contributed by atoms with Crippen LogP contribution in [0.4, 0.5) is 0 Å². The second-order valence-corrected chi connectivity index (χ2v) is 4.54. The van der Waals surface area contributed by atoms with E-state index in [2.05, 4.69) is 0 Å². The van der Waals surface area contributed by atoms with Crippen molar-refractivity contribution in [1.29, 1.82) is 0 Å². The molecule has 82 valence electrons. The molecule has 0 N–H and O–H groups in total. The van der Waals surface area contributed by atoms with Gasteiger partial charge in [-0.25, -0.2) is 0 Å². The van der Waals surface area contributed by atoms with Gasteiger partial charge in [0.2, 0.25) is 5.78 Å². The predicted molar refractivity (Wildman–Crippen MR) is 65.3 cm³/mol. The molecule has 0 aliphatic rings. The van der Waals surface area contributed by atoms with E-state index in [0.717, 1.165) is 16.2 Å². The monoisotopic (exact) mass is 232 g/mol. The van der Waals surface area contributed by atoms with E-state index in [1.54, 1.807) is 11.3 Å². The Hall–Kier alpha value is -1.61. The summed E-state index contributed by atoms with van der Waals surface area (Å²) >= 11 is 1.58. The maximum absolute atomic E-state index is 11.8. The number of ketones is 1. The van der Waals surface area contributed by atoms with E-state index in [1.165, 1.54) is 0 Å². The topological polar surface area (TPSA) is 26.3 Å². The number of aryl methyl sites for hydroxylation is 1. The summed E-state index contributed by atoms with van der Waals surface area (Å²) in [6, 6.07) is 11.2. The lowest BCUT2D eigenvalue weighted by Gasteiger charge is -2.04. The molecule has 0 amide bonds. The fourth-order valence-electron chi connectivity index (χ4n) is 1.42. The molecule has 1 aromatic carbocycles. The molecule has 0 aliphatic carbocycles. The summed E-state index contributed by atoms with van der Waals surface area (Å²) in [5.41, 5.74) is 0.765. The third-order valence-corrected chi connectivity index (χ3v) is 3.12. The summed E-state index contributed by atoms with van der Waals surface area (Å²) in [7, 11) is 0. The van der Waals surface area contributed by atoms with Gasteiger partial charge in [-0.3, -0.25) is 4.79 Å². The molecule has 3 heteroatoms. The van der Waals surface area contributed by atoms with E-state index in [0.29, 0.717) is 0 Å². The van der Waals surface area contributed by atoms with Gasteiger partial charge in [-0.05, 0) is 30.5 Å². The molecule has 2 rings (SSSR count). The van der Waals surface area contributed by atoms with Crippen LogP contribution in [0.5, 0.6) is 5.75 Å². The minimum absolute atomic E-state index is 0.0302. The van der Waals surface area contributed by atoms with Gasteiger partial charge < -0.3 is 4.74 Å². The molecule has 0 radical (unpaired) electrons. The highest BCUT2D eigenvalue weighted by molar-refractivity contribution is 7.10. The second-order valence-electron chi connectivity index (χ2n) is 3.42. The van der Waals surface area contributed by atoms with Crippen molar-refractivity contribution in [3.8, 4) is 5.75 Å². The molecular weight excluding hydrogens is 220 g/mol. The highest BCUT2D eigenvalue weighted by Gasteiger charge is 2.10. The molecule has 0 unspecified atom stereocenters. The number of hydrogen-bond donors (Lipinski definition) is 0. The number of para-hydroxylation sites is 1. The Kier molecular flexibility index (Phi) is 3.37. The first-order chi connectivity index (χ1) is 7.77. The normalized spacial score (nSPS) is 10.1. The second kappa shape index (κ2) is 4.94. The highest BCUT2D eigenvalue weighted by atomic mass is 32.1. The maximum atomic E-state index is 11.8. The molecule has 0 saturated carbocycles. The third kappa shape index (κ3) is 2.49. The molecule has 0 aliphatic heterocycles. The molecule has 0 saturated heterocycles. The van der Waals surface area contributed by atoms with Gasteiger partial charge in [-0.1, -0.05) is 18.2 Å². The molecule has 0 spiro atoms. The van der Waals surface area contributed by atoms with Gasteiger partial charge in [-0.2, -0.15) is 0 Å². The van der Waals surface area contributed by atoms with Gasteiger partial charge in [0.1, 0.15) is 5.75 Å². The Bertz CT molecular complexity index is 474. The van der Waals surface area contributed by atoms with Gasteiger partial charge in [0.15, 0.2) is 6.61 Å². The van der Waals surface area contributed by atoms with Crippen LogP contribution in [-0.2, 0) is 0 Å². The van der Waals surface area contributed by atoms with Crippen LogP contribution >= 0.6 is 11.3 Å². The zero-order chi connectivity index (χ0) is 11.4. The smallest absolute Gasteiger partial charge is 0.201 e. The van der Waals surface area contributed by atoms with Crippen molar-refractivity contribution in [2.75, 3.05) is 6.61 Å². The standard InChI is InChI=1S/C13H12O2S/c1-10-12(7-8-16-10)13(14)9-15-11-5-3-2-4-6-11/h2-8H,9H2,1H3. The average molecular weight is 232 g/mol. The van der Waals surface area contributed by atoms with E-state index in [-0.39, 0.29) is 12.4 Å². The highest BCUT2D eigenvalue weighted by Crippen LogP contribution is 2.16. The van der Waals surface area contributed by atoms with Crippen LogP contribution in [0, 0.1) is 6.92 Å². The van der Waals surface area contributed by atoms with Gasteiger partial charge in [0.05, 0.1) is 0 Å². The van der Waals surface area contributed by atoms with Crippen molar-refractivity contribution in [3.05, 3.63) is 52.2 Å². The fraction of sp³-hybridized carbons (Fsp3) is 0.154. The lowest BCUT2D eigenvalue weighted by molar-refractivity contribution is 0.0921. The minimum Gasteiger partial charge on any atom is -0.485 e. The van der Waals surface area contributed by atoms with Crippen molar-refractivity contribution in [2.24, 2.45) is 0 Å². The predicted octanol–water partition coefficient (Wildman–Crippen LogP) is 3.32. The number of Topliss-reactive ketones (excluding diaryl/α,β-unsaturated/α-hetero) is 1.